The molecule has 0 aromatic carbocycles. The maximum atomic E-state index is 12.6. The van der Waals surface area contributed by atoms with Gasteiger partial charge in [0.1, 0.15) is 24.1 Å². The number of hydrogen-bond acceptors (Lipinski definition) is 8. The Bertz CT molecular complexity index is 848. The van der Waals surface area contributed by atoms with Crippen molar-refractivity contribution in [2.75, 3.05) is 6.61 Å². The zero-order chi connectivity index (χ0) is 20.8. The lowest BCUT2D eigenvalue weighted by Gasteiger charge is -2.36. The average Bonchev–Trinajstić information content (AvgIpc) is 3.10. The summed E-state index contributed by atoms with van der Waals surface area (Å²) in [4.78, 5) is 37.2. The Morgan fingerprint density at radius 2 is 2.11 bits per heavy atom. The van der Waals surface area contributed by atoms with Crippen LogP contribution in [0.3, 0.4) is 0 Å². The van der Waals surface area contributed by atoms with E-state index < -0.39 is 54.2 Å². The first kappa shape index (κ1) is 20.0. The molecular formula is C20H22O8. The lowest BCUT2D eigenvalue weighted by Crippen LogP contribution is -2.56. The first-order valence-electron chi connectivity index (χ1n) is 8.82. The number of allylic oxidation sites excluding steroid dienone is 2. The van der Waals surface area contributed by atoms with Crippen LogP contribution in [0.15, 0.2) is 47.3 Å². The highest BCUT2D eigenvalue weighted by atomic mass is 16.6. The molecule has 1 fully saturated rings. The summed E-state index contributed by atoms with van der Waals surface area (Å²) in [6.07, 6.45) is 0.347. The zero-order valence-electron chi connectivity index (χ0n) is 15.8. The minimum absolute atomic E-state index is 0.0136. The van der Waals surface area contributed by atoms with Crippen molar-refractivity contribution in [1.29, 1.82) is 0 Å². The first-order chi connectivity index (χ1) is 13.1. The number of fused-ring (bicyclic) bond motifs is 3. The minimum Gasteiger partial charge on any atom is -0.476 e. The third-order valence-electron chi connectivity index (χ3n) is 5.39. The Morgan fingerprint density at radius 1 is 1.43 bits per heavy atom. The van der Waals surface area contributed by atoms with Gasteiger partial charge in [0.2, 0.25) is 5.78 Å². The zero-order valence-corrected chi connectivity index (χ0v) is 15.8. The average molecular weight is 390 g/mol. The number of rotatable bonds is 3. The first-order valence-corrected chi connectivity index (χ1v) is 8.82. The predicted octanol–water partition coefficient (Wildman–Crippen LogP) is 0.497. The van der Waals surface area contributed by atoms with Crippen molar-refractivity contribution in [2.45, 2.75) is 44.7 Å². The van der Waals surface area contributed by atoms with Crippen LogP contribution in [0.5, 0.6) is 0 Å². The van der Waals surface area contributed by atoms with E-state index in [4.69, 9.17) is 14.2 Å². The Labute approximate surface area is 161 Å². The van der Waals surface area contributed by atoms with Crippen molar-refractivity contribution < 1.29 is 38.8 Å². The molecule has 2 bridgehead atoms. The number of carbonyl (C=O) groups is 3. The van der Waals surface area contributed by atoms with Gasteiger partial charge in [-0.05, 0) is 32.4 Å². The molecule has 3 aliphatic heterocycles. The van der Waals surface area contributed by atoms with Crippen molar-refractivity contribution in [3.8, 4) is 0 Å². The van der Waals surface area contributed by atoms with E-state index in [1.165, 1.54) is 19.1 Å². The van der Waals surface area contributed by atoms with Crippen LogP contribution in [-0.2, 0) is 28.6 Å². The van der Waals surface area contributed by atoms with Gasteiger partial charge in [-0.25, -0.2) is 9.59 Å². The minimum atomic E-state index is -1.72. The molecule has 28 heavy (non-hydrogen) atoms. The maximum absolute atomic E-state index is 12.6. The van der Waals surface area contributed by atoms with E-state index in [2.05, 4.69) is 6.58 Å². The smallest absolute Gasteiger partial charge is 0.336 e. The topological polar surface area (TPSA) is 119 Å². The molecule has 0 unspecified atom stereocenters. The molecule has 8 heteroatoms. The van der Waals surface area contributed by atoms with Crippen molar-refractivity contribution in [1.82, 2.24) is 0 Å². The summed E-state index contributed by atoms with van der Waals surface area (Å²) in [5, 5.41) is 20.4. The quantitative estimate of drug-likeness (QED) is 0.528. The van der Waals surface area contributed by atoms with Crippen LogP contribution in [0, 0.1) is 5.92 Å². The highest BCUT2D eigenvalue weighted by Gasteiger charge is 2.57. The fraction of sp³-hybridized carbons (Fsp3) is 0.450. The third-order valence-corrected chi connectivity index (χ3v) is 5.39. The molecule has 1 saturated heterocycles. The van der Waals surface area contributed by atoms with Gasteiger partial charge < -0.3 is 24.4 Å². The van der Waals surface area contributed by atoms with Crippen LogP contribution in [-0.4, -0.2) is 58.5 Å². The van der Waals surface area contributed by atoms with Gasteiger partial charge in [-0.15, -0.1) is 0 Å². The molecule has 0 amide bonds. The highest BCUT2D eigenvalue weighted by Crippen LogP contribution is 2.42. The lowest BCUT2D eigenvalue weighted by atomic mass is 9.80. The van der Waals surface area contributed by atoms with E-state index in [1.807, 2.05) is 0 Å². The van der Waals surface area contributed by atoms with Crippen LogP contribution >= 0.6 is 0 Å². The normalized spacial score (nSPS) is 36.9. The van der Waals surface area contributed by atoms with E-state index >= 15 is 0 Å². The molecule has 3 heterocycles. The molecule has 3 aliphatic rings. The number of esters is 2. The summed E-state index contributed by atoms with van der Waals surface area (Å²) in [7, 11) is 0. The van der Waals surface area contributed by atoms with Crippen molar-refractivity contribution in [3.63, 3.8) is 0 Å². The summed E-state index contributed by atoms with van der Waals surface area (Å²) in [6.45, 7) is 7.76. The van der Waals surface area contributed by atoms with Crippen LogP contribution in [0.1, 0.15) is 20.8 Å². The van der Waals surface area contributed by atoms with Gasteiger partial charge in [0.25, 0.3) is 0 Å². The van der Waals surface area contributed by atoms with E-state index in [0.717, 1.165) is 0 Å². The van der Waals surface area contributed by atoms with Crippen molar-refractivity contribution in [3.05, 3.63) is 47.3 Å². The molecule has 0 saturated carbocycles. The Hall–Kier alpha value is -2.71. The second-order valence-electron chi connectivity index (χ2n) is 7.14. The molecule has 0 aromatic heterocycles. The lowest BCUT2D eigenvalue weighted by molar-refractivity contribution is -0.176. The summed E-state index contributed by atoms with van der Waals surface area (Å²) in [5.41, 5.74) is -1.20. The number of ether oxygens (including phenoxy) is 3. The summed E-state index contributed by atoms with van der Waals surface area (Å²) >= 11 is 0. The van der Waals surface area contributed by atoms with Gasteiger partial charge in [0.15, 0.2) is 5.60 Å². The molecule has 3 rings (SSSR count). The number of aliphatic hydroxyl groups excluding tert-OH is 2. The summed E-state index contributed by atoms with van der Waals surface area (Å²) in [5.74, 6) is -2.74. The molecule has 2 N–H and O–H groups in total. The third kappa shape index (κ3) is 2.98. The van der Waals surface area contributed by atoms with Gasteiger partial charge in [-0.2, -0.15) is 0 Å². The monoisotopic (exact) mass is 390 g/mol. The van der Waals surface area contributed by atoms with E-state index in [1.54, 1.807) is 19.9 Å². The SMILES string of the molecule is C=C1C(=O)O[C@H]2/C=C(/C)C3=CC(=O)[C@](C)(O3)[C@@H](O)[C@@H](OC(=O)/C(=C/C)CO)[C@@H]12. The Balaban J connectivity index is 2.11. The predicted molar refractivity (Wildman–Crippen MR) is 95.6 cm³/mol. The molecule has 5 atom stereocenters. The molecule has 0 radical (unpaired) electrons. The van der Waals surface area contributed by atoms with Crippen molar-refractivity contribution >= 4 is 17.7 Å². The molecule has 0 spiro atoms. The maximum Gasteiger partial charge on any atom is 0.336 e. The van der Waals surface area contributed by atoms with Gasteiger partial charge in [0.05, 0.1) is 18.1 Å². The number of carbonyl (C=O) groups excluding carboxylic acids is 3. The number of aliphatic hydroxyl groups is 2. The van der Waals surface area contributed by atoms with E-state index in [-0.39, 0.29) is 16.9 Å². The largest absolute Gasteiger partial charge is 0.476 e. The summed E-state index contributed by atoms with van der Waals surface area (Å²) < 4.78 is 16.5. The van der Waals surface area contributed by atoms with Crippen LogP contribution in [0.25, 0.3) is 0 Å². The molecule has 150 valence electrons. The molecule has 0 aliphatic carbocycles. The van der Waals surface area contributed by atoms with Crippen LogP contribution < -0.4 is 0 Å². The van der Waals surface area contributed by atoms with Crippen LogP contribution in [0.4, 0.5) is 0 Å². The second-order valence-corrected chi connectivity index (χ2v) is 7.14. The number of ketones is 1. The fourth-order valence-electron chi connectivity index (χ4n) is 3.55. The summed E-state index contributed by atoms with van der Waals surface area (Å²) in [6, 6.07) is 0. The van der Waals surface area contributed by atoms with E-state index in [0.29, 0.717) is 5.57 Å². The van der Waals surface area contributed by atoms with Gasteiger partial charge >= 0.3 is 11.9 Å². The molecular weight excluding hydrogens is 368 g/mol. The van der Waals surface area contributed by atoms with E-state index in [9.17, 15) is 24.6 Å². The second kappa shape index (κ2) is 7.03. The van der Waals surface area contributed by atoms with Gasteiger partial charge in [-0.1, -0.05) is 12.7 Å². The van der Waals surface area contributed by atoms with Gasteiger partial charge in [-0.3, -0.25) is 4.79 Å². The molecule has 0 aromatic rings. The Morgan fingerprint density at radius 3 is 2.71 bits per heavy atom. The Kier molecular flexibility index (Phi) is 5.03. The highest BCUT2D eigenvalue weighted by molar-refractivity contribution is 6.01. The number of hydrogen-bond donors (Lipinski definition) is 2. The standard InChI is InChI=1S/C20H22O8/c1-5-11(8-21)19(25)27-16-15-10(3)18(24)26-13(15)6-9(2)12-7-14(22)20(4,28-12)17(16)23/h5-7,13,15-17,21,23H,3,8H2,1-2,4H3/b9-6-,11-5+/t13-,15-,16-,17-,20-/m0/s1. The van der Waals surface area contributed by atoms with Gasteiger partial charge in [0, 0.05) is 11.6 Å². The van der Waals surface area contributed by atoms with Crippen molar-refractivity contribution in [2.24, 2.45) is 5.92 Å². The van der Waals surface area contributed by atoms with Crippen LogP contribution in [0.2, 0.25) is 0 Å². The molecule has 8 nitrogen and oxygen atoms in total. The fourth-order valence-corrected chi connectivity index (χ4v) is 3.55.